The summed E-state index contributed by atoms with van der Waals surface area (Å²) < 4.78 is 0. The van der Waals surface area contributed by atoms with E-state index in [4.69, 9.17) is 16.5 Å². The molecule has 0 fully saturated rings. The molecule has 0 saturated heterocycles. The van der Waals surface area contributed by atoms with Crippen LogP contribution in [-0.2, 0) is 0 Å². The Bertz CT molecular complexity index is 984. The Morgan fingerprint density at radius 1 is 0.538 bits per heavy atom. The van der Waals surface area contributed by atoms with E-state index in [1.54, 1.807) is 6.07 Å². The summed E-state index contributed by atoms with van der Waals surface area (Å²) in [6.07, 6.45) is 0. The second kappa shape index (κ2) is 6.73. The minimum Gasteiger partial charge on any atom is -0.399 e. The van der Waals surface area contributed by atoms with E-state index in [1.165, 1.54) is 0 Å². The van der Waals surface area contributed by atoms with Gasteiger partial charge in [-0.05, 0) is 41.5 Å². The van der Waals surface area contributed by atoms with Crippen molar-refractivity contribution in [3.8, 4) is 33.6 Å². The first-order valence-corrected chi connectivity index (χ1v) is 8.49. The monoisotopic (exact) mass is 337 g/mol. The number of hydrogen-bond acceptors (Lipinski definition) is 3. The predicted molar refractivity (Wildman–Crippen MR) is 109 cm³/mol. The minimum absolute atomic E-state index is 0.663. The summed E-state index contributed by atoms with van der Waals surface area (Å²) in [7, 11) is 0. The molecule has 4 N–H and O–H groups in total. The van der Waals surface area contributed by atoms with Crippen molar-refractivity contribution in [2.45, 2.75) is 0 Å². The van der Waals surface area contributed by atoms with Gasteiger partial charge in [-0.3, -0.25) is 0 Å². The van der Waals surface area contributed by atoms with Gasteiger partial charge < -0.3 is 11.5 Å². The van der Waals surface area contributed by atoms with Gasteiger partial charge in [0.05, 0.1) is 11.4 Å². The van der Waals surface area contributed by atoms with Crippen LogP contribution >= 0.6 is 0 Å². The zero-order chi connectivity index (χ0) is 17.9. The van der Waals surface area contributed by atoms with Crippen molar-refractivity contribution < 1.29 is 0 Å². The molecular formula is C23H19N3. The second-order valence-electron chi connectivity index (χ2n) is 6.21. The van der Waals surface area contributed by atoms with Crippen LogP contribution in [0.5, 0.6) is 0 Å². The maximum absolute atomic E-state index is 6.20. The number of pyridine rings is 1. The van der Waals surface area contributed by atoms with Crippen molar-refractivity contribution in [2.75, 3.05) is 11.5 Å². The highest BCUT2D eigenvalue weighted by Gasteiger charge is 2.11. The van der Waals surface area contributed by atoms with Gasteiger partial charge in [0.15, 0.2) is 0 Å². The maximum atomic E-state index is 6.20. The highest BCUT2D eigenvalue weighted by molar-refractivity contribution is 5.82. The molecule has 1 aromatic heterocycles. The van der Waals surface area contributed by atoms with Crippen molar-refractivity contribution in [2.24, 2.45) is 0 Å². The van der Waals surface area contributed by atoms with Crippen molar-refractivity contribution >= 4 is 11.4 Å². The molecule has 0 unspecified atom stereocenters. The minimum atomic E-state index is 0.663. The predicted octanol–water partition coefficient (Wildman–Crippen LogP) is 5.25. The Balaban J connectivity index is 1.95. The van der Waals surface area contributed by atoms with Gasteiger partial charge in [-0.15, -0.1) is 0 Å². The van der Waals surface area contributed by atoms with Crippen molar-refractivity contribution in [3.63, 3.8) is 0 Å². The Kier molecular flexibility index (Phi) is 4.12. The van der Waals surface area contributed by atoms with E-state index in [0.29, 0.717) is 11.4 Å². The van der Waals surface area contributed by atoms with E-state index >= 15 is 0 Å². The van der Waals surface area contributed by atoms with Gasteiger partial charge in [-0.2, -0.15) is 0 Å². The third-order valence-corrected chi connectivity index (χ3v) is 4.36. The lowest BCUT2D eigenvalue weighted by Gasteiger charge is -2.12. The third kappa shape index (κ3) is 3.15. The highest BCUT2D eigenvalue weighted by Crippen LogP contribution is 2.33. The first-order valence-electron chi connectivity index (χ1n) is 8.49. The summed E-state index contributed by atoms with van der Waals surface area (Å²) in [6, 6.07) is 30.1. The molecule has 3 aromatic carbocycles. The van der Waals surface area contributed by atoms with Crippen molar-refractivity contribution in [1.29, 1.82) is 0 Å². The maximum Gasteiger partial charge on any atom is 0.0737 e. The van der Waals surface area contributed by atoms with Crippen LogP contribution in [0.1, 0.15) is 0 Å². The van der Waals surface area contributed by atoms with Crippen LogP contribution in [0.15, 0.2) is 91.0 Å². The van der Waals surface area contributed by atoms with Gasteiger partial charge in [0.2, 0.25) is 0 Å². The molecule has 0 radical (unpaired) electrons. The Labute approximate surface area is 153 Å². The molecule has 0 aliphatic heterocycles. The number of hydrogen-bond donors (Lipinski definition) is 2. The van der Waals surface area contributed by atoms with E-state index in [2.05, 4.69) is 36.4 Å². The summed E-state index contributed by atoms with van der Waals surface area (Å²) in [5.74, 6) is 0. The molecule has 4 rings (SSSR count). The van der Waals surface area contributed by atoms with Crippen LogP contribution in [0.3, 0.4) is 0 Å². The highest BCUT2D eigenvalue weighted by atomic mass is 14.7. The number of nitrogens with zero attached hydrogens (tertiary/aromatic N) is 1. The van der Waals surface area contributed by atoms with E-state index in [1.807, 2.05) is 48.5 Å². The van der Waals surface area contributed by atoms with Crippen LogP contribution < -0.4 is 11.5 Å². The van der Waals surface area contributed by atoms with Gasteiger partial charge >= 0.3 is 0 Å². The molecule has 0 saturated carbocycles. The van der Waals surface area contributed by atoms with Crippen LogP contribution in [0.4, 0.5) is 11.4 Å². The lowest BCUT2D eigenvalue weighted by atomic mass is 9.99. The summed E-state index contributed by atoms with van der Waals surface area (Å²) in [4.78, 5) is 4.87. The van der Waals surface area contributed by atoms with Crippen molar-refractivity contribution in [1.82, 2.24) is 4.98 Å². The number of aromatic nitrogens is 1. The smallest absolute Gasteiger partial charge is 0.0737 e. The molecule has 1 heterocycles. The summed E-state index contributed by atoms with van der Waals surface area (Å²) in [5.41, 5.74) is 19.4. The van der Waals surface area contributed by atoms with Gasteiger partial charge in [0.1, 0.15) is 0 Å². The second-order valence-corrected chi connectivity index (χ2v) is 6.21. The van der Waals surface area contributed by atoms with Crippen molar-refractivity contribution in [3.05, 3.63) is 91.0 Å². The van der Waals surface area contributed by atoms with Gasteiger partial charge in [0.25, 0.3) is 0 Å². The molecule has 3 nitrogen and oxygen atoms in total. The zero-order valence-electron chi connectivity index (χ0n) is 14.3. The van der Waals surface area contributed by atoms with E-state index < -0.39 is 0 Å². The van der Waals surface area contributed by atoms with E-state index in [-0.39, 0.29) is 0 Å². The summed E-state index contributed by atoms with van der Waals surface area (Å²) >= 11 is 0. The quantitative estimate of drug-likeness (QED) is 0.502. The molecule has 3 heteroatoms. The average Bonchev–Trinajstić information content (AvgIpc) is 2.71. The Hall–Kier alpha value is -3.59. The normalized spacial score (nSPS) is 10.6. The van der Waals surface area contributed by atoms with E-state index in [0.717, 1.165) is 33.6 Å². The molecule has 0 aliphatic carbocycles. The molecule has 0 bridgehead atoms. The van der Waals surface area contributed by atoms with Crippen LogP contribution in [-0.4, -0.2) is 4.98 Å². The third-order valence-electron chi connectivity index (χ3n) is 4.36. The molecular weight excluding hydrogens is 318 g/mol. The number of nitrogen functional groups attached to an aromatic ring is 2. The van der Waals surface area contributed by atoms with Crippen LogP contribution in [0.2, 0.25) is 0 Å². The first kappa shape index (κ1) is 15.9. The average molecular weight is 337 g/mol. The molecule has 0 aliphatic rings. The fraction of sp³-hybridized carbons (Fsp3) is 0. The van der Waals surface area contributed by atoms with Crippen LogP contribution in [0, 0.1) is 0 Å². The number of benzene rings is 3. The number of rotatable bonds is 3. The lowest BCUT2D eigenvalue weighted by Crippen LogP contribution is -1.96. The fourth-order valence-corrected chi connectivity index (χ4v) is 3.02. The van der Waals surface area contributed by atoms with Gasteiger partial charge in [-0.25, -0.2) is 4.98 Å². The van der Waals surface area contributed by atoms with Gasteiger partial charge in [0, 0.05) is 22.5 Å². The molecule has 26 heavy (non-hydrogen) atoms. The van der Waals surface area contributed by atoms with Gasteiger partial charge in [-0.1, -0.05) is 60.7 Å². The largest absolute Gasteiger partial charge is 0.399 e. The Morgan fingerprint density at radius 3 is 1.85 bits per heavy atom. The fourth-order valence-electron chi connectivity index (χ4n) is 3.02. The lowest BCUT2D eigenvalue weighted by molar-refractivity contribution is 1.32. The number of nitrogens with two attached hydrogens (primary N) is 2. The summed E-state index contributed by atoms with van der Waals surface area (Å²) in [5, 5.41) is 0. The number of anilines is 2. The topological polar surface area (TPSA) is 64.9 Å². The summed E-state index contributed by atoms with van der Waals surface area (Å²) in [6.45, 7) is 0. The SMILES string of the molecule is Nc1ccc(N)c(-c2cc(-c3ccccc3)cc(-c3ccccc3)n2)c1. The first-order chi connectivity index (χ1) is 12.7. The zero-order valence-corrected chi connectivity index (χ0v) is 14.3. The standard InChI is InChI=1S/C23H19N3/c24-19-11-12-21(25)20(15-19)23-14-18(16-7-3-1-4-8-16)13-22(26-23)17-9-5-2-6-10-17/h1-15H,24-25H2. The van der Waals surface area contributed by atoms with Crippen LogP contribution in [0.25, 0.3) is 33.6 Å². The van der Waals surface area contributed by atoms with E-state index in [9.17, 15) is 0 Å². The molecule has 4 aromatic rings. The molecule has 0 amide bonds. The Morgan fingerprint density at radius 2 is 1.15 bits per heavy atom. The molecule has 0 spiro atoms. The molecule has 126 valence electrons. The molecule has 0 atom stereocenters.